The summed E-state index contributed by atoms with van der Waals surface area (Å²) in [5.74, 6) is 1.72. The van der Waals surface area contributed by atoms with Crippen LogP contribution >= 0.6 is 0 Å². The van der Waals surface area contributed by atoms with Gasteiger partial charge < -0.3 is 19.9 Å². The number of anilines is 1. The first-order valence-electron chi connectivity index (χ1n) is 11.0. The second kappa shape index (κ2) is 9.26. The Morgan fingerprint density at radius 3 is 2.67 bits per heavy atom. The Morgan fingerprint density at radius 1 is 1.13 bits per heavy atom. The Balaban J connectivity index is 1.58. The molecule has 2 saturated heterocycles. The van der Waals surface area contributed by atoms with Crippen LogP contribution in [0.2, 0.25) is 0 Å². The molecule has 0 aromatic carbocycles. The number of piperidine rings is 1. The van der Waals surface area contributed by atoms with Gasteiger partial charge in [-0.15, -0.1) is 0 Å². The van der Waals surface area contributed by atoms with Crippen molar-refractivity contribution in [3.05, 3.63) is 17.1 Å². The van der Waals surface area contributed by atoms with E-state index in [2.05, 4.69) is 10.2 Å². The molecule has 9 nitrogen and oxygen atoms in total. The molecule has 0 bridgehead atoms. The summed E-state index contributed by atoms with van der Waals surface area (Å²) >= 11 is 0. The van der Waals surface area contributed by atoms with Gasteiger partial charge in [0.1, 0.15) is 5.82 Å². The number of rotatable bonds is 4. The quantitative estimate of drug-likeness (QED) is 0.777. The largest absolute Gasteiger partial charge is 0.379 e. The maximum atomic E-state index is 13.2. The molecule has 2 amide bonds. The number of ether oxygens (including phenoxy) is 1. The van der Waals surface area contributed by atoms with Crippen LogP contribution < -0.4 is 5.32 Å². The van der Waals surface area contributed by atoms with Gasteiger partial charge in [0.05, 0.1) is 38.0 Å². The molecule has 30 heavy (non-hydrogen) atoms. The normalized spacial score (nSPS) is 22.5. The topological polar surface area (TPSA) is 90.9 Å². The molecule has 0 radical (unpaired) electrons. The first-order chi connectivity index (χ1) is 14.6. The zero-order chi connectivity index (χ0) is 21.1. The van der Waals surface area contributed by atoms with Crippen LogP contribution in [0.15, 0.2) is 0 Å². The van der Waals surface area contributed by atoms with Crippen LogP contribution in [0.5, 0.6) is 0 Å². The second-order valence-corrected chi connectivity index (χ2v) is 8.28. The Kier molecular flexibility index (Phi) is 6.48. The number of likely N-dealkylation sites (tertiary alicyclic amines) is 1. The highest BCUT2D eigenvalue weighted by Gasteiger charge is 2.33. The number of fused-ring (bicyclic) bond motifs is 1. The summed E-state index contributed by atoms with van der Waals surface area (Å²) in [5, 5.41) is 3.21. The zero-order valence-electron chi connectivity index (χ0n) is 18.0. The Morgan fingerprint density at radius 2 is 1.93 bits per heavy atom. The van der Waals surface area contributed by atoms with Crippen molar-refractivity contribution >= 4 is 17.6 Å². The van der Waals surface area contributed by atoms with Crippen molar-refractivity contribution in [2.75, 3.05) is 58.3 Å². The van der Waals surface area contributed by atoms with Crippen LogP contribution in [-0.2, 0) is 27.3 Å². The van der Waals surface area contributed by atoms with Crippen LogP contribution in [0.1, 0.15) is 49.3 Å². The number of amides is 2. The smallest absolute Gasteiger partial charge is 0.237 e. The fourth-order valence-electron chi connectivity index (χ4n) is 4.61. The van der Waals surface area contributed by atoms with Crippen LogP contribution in [0, 0.1) is 0 Å². The van der Waals surface area contributed by atoms with Gasteiger partial charge in [0.25, 0.3) is 0 Å². The standard InChI is InChI=1S/C21H32N6O3/c1-15(28)26-8-6-16-17(13-26)23-21(24-20(16)22-2)18-5-3-4-7-27(18)19(29)14-25-9-11-30-12-10-25/h18H,3-14H2,1-2H3,(H,22,23,24)/t18-/m1/s1. The Labute approximate surface area is 177 Å². The lowest BCUT2D eigenvalue weighted by molar-refractivity contribution is -0.137. The SMILES string of the molecule is CNc1nc([C@H]2CCCCN2C(=O)CN2CCOCC2)nc2c1CCN(C(C)=O)C2. The van der Waals surface area contributed by atoms with Crippen molar-refractivity contribution in [2.24, 2.45) is 0 Å². The Hall–Kier alpha value is -2.26. The van der Waals surface area contributed by atoms with Gasteiger partial charge in [0, 0.05) is 45.7 Å². The van der Waals surface area contributed by atoms with Crippen molar-refractivity contribution in [3.8, 4) is 0 Å². The number of carbonyl (C=O) groups excluding carboxylic acids is 2. The molecule has 1 aromatic rings. The highest BCUT2D eigenvalue weighted by Crippen LogP contribution is 2.32. The van der Waals surface area contributed by atoms with Crippen molar-refractivity contribution in [1.82, 2.24) is 24.7 Å². The van der Waals surface area contributed by atoms with Crippen LogP contribution in [0.25, 0.3) is 0 Å². The van der Waals surface area contributed by atoms with Crippen LogP contribution in [-0.4, -0.2) is 89.5 Å². The predicted molar refractivity (Wildman–Crippen MR) is 112 cm³/mol. The third-order valence-electron chi connectivity index (χ3n) is 6.35. The molecular weight excluding hydrogens is 384 g/mol. The number of carbonyl (C=O) groups is 2. The molecule has 3 aliphatic heterocycles. The summed E-state index contributed by atoms with van der Waals surface area (Å²) in [7, 11) is 1.87. The van der Waals surface area contributed by atoms with Gasteiger partial charge in [-0.1, -0.05) is 0 Å². The molecule has 164 valence electrons. The summed E-state index contributed by atoms with van der Waals surface area (Å²) in [5.41, 5.74) is 1.98. The van der Waals surface area contributed by atoms with Crippen molar-refractivity contribution in [2.45, 2.75) is 45.2 Å². The molecule has 1 aromatic heterocycles. The molecule has 2 fully saturated rings. The lowest BCUT2D eigenvalue weighted by Crippen LogP contribution is -2.47. The highest BCUT2D eigenvalue weighted by atomic mass is 16.5. The van der Waals surface area contributed by atoms with Gasteiger partial charge in [0.15, 0.2) is 5.82 Å². The van der Waals surface area contributed by atoms with Crippen LogP contribution in [0.3, 0.4) is 0 Å². The summed E-state index contributed by atoms with van der Waals surface area (Å²) in [6.45, 7) is 6.90. The lowest BCUT2D eigenvalue weighted by atomic mass is 9.99. The fourth-order valence-corrected chi connectivity index (χ4v) is 4.61. The molecule has 0 aliphatic carbocycles. The van der Waals surface area contributed by atoms with Gasteiger partial charge >= 0.3 is 0 Å². The van der Waals surface area contributed by atoms with E-state index in [9.17, 15) is 9.59 Å². The number of aromatic nitrogens is 2. The molecule has 4 rings (SSSR count). The van der Waals surface area contributed by atoms with E-state index in [1.165, 1.54) is 0 Å². The van der Waals surface area contributed by atoms with Crippen molar-refractivity contribution < 1.29 is 14.3 Å². The average Bonchev–Trinajstić information content (AvgIpc) is 2.78. The first kappa shape index (κ1) is 21.0. The Bertz CT molecular complexity index is 795. The van der Waals surface area contributed by atoms with Gasteiger partial charge in [-0.3, -0.25) is 14.5 Å². The summed E-state index contributed by atoms with van der Waals surface area (Å²) in [6, 6.07) is -0.114. The van der Waals surface area contributed by atoms with Gasteiger partial charge in [-0.05, 0) is 25.7 Å². The van der Waals surface area contributed by atoms with E-state index in [0.717, 1.165) is 62.4 Å². The zero-order valence-corrected chi connectivity index (χ0v) is 18.0. The minimum Gasteiger partial charge on any atom is -0.379 e. The van der Waals surface area contributed by atoms with E-state index >= 15 is 0 Å². The molecule has 0 unspecified atom stereocenters. The van der Waals surface area contributed by atoms with Gasteiger partial charge in [-0.2, -0.15) is 0 Å². The number of hydrogen-bond donors (Lipinski definition) is 1. The van der Waals surface area contributed by atoms with Gasteiger partial charge in [0.2, 0.25) is 11.8 Å². The van der Waals surface area contributed by atoms with E-state index in [1.54, 1.807) is 6.92 Å². The van der Waals surface area contributed by atoms with Crippen molar-refractivity contribution in [1.29, 1.82) is 0 Å². The molecule has 3 aliphatic rings. The van der Waals surface area contributed by atoms with Gasteiger partial charge in [-0.25, -0.2) is 9.97 Å². The van der Waals surface area contributed by atoms with E-state index in [4.69, 9.17) is 14.7 Å². The molecular formula is C21H32N6O3. The number of nitrogens with zero attached hydrogens (tertiary/aromatic N) is 5. The highest BCUT2D eigenvalue weighted by molar-refractivity contribution is 5.79. The number of hydrogen-bond acceptors (Lipinski definition) is 7. The number of nitrogens with one attached hydrogen (secondary N) is 1. The molecule has 0 spiro atoms. The third kappa shape index (κ3) is 4.41. The molecule has 9 heteroatoms. The second-order valence-electron chi connectivity index (χ2n) is 8.28. The predicted octanol–water partition coefficient (Wildman–Crippen LogP) is 0.809. The summed E-state index contributed by atoms with van der Waals surface area (Å²) in [4.78, 5) is 40.7. The third-order valence-corrected chi connectivity index (χ3v) is 6.35. The minimum absolute atomic E-state index is 0.0619. The summed E-state index contributed by atoms with van der Waals surface area (Å²) in [6.07, 6.45) is 3.68. The molecule has 1 N–H and O–H groups in total. The van der Waals surface area contributed by atoms with Crippen LogP contribution in [0.4, 0.5) is 5.82 Å². The minimum atomic E-state index is -0.114. The molecule has 0 saturated carbocycles. The first-order valence-corrected chi connectivity index (χ1v) is 11.0. The fraction of sp³-hybridized carbons (Fsp3) is 0.714. The van der Waals surface area contributed by atoms with E-state index in [0.29, 0.717) is 38.7 Å². The number of morpholine rings is 1. The van der Waals surface area contributed by atoms with E-state index in [1.807, 2.05) is 16.8 Å². The van der Waals surface area contributed by atoms with E-state index < -0.39 is 0 Å². The summed E-state index contributed by atoms with van der Waals surface area (Å²) < 4.78 is 5.40. The maximum absolute atomic E-state index is 13.2. The van der Waals surface area contributed by atoms with E-state index in [-0.39, 0.29) is 17.9 Å². The lowest BCUT2D eigenvalue weighted by Gasteiger charge is -2.37. The maximum Gasteiger partial charge on any atom is 0.237 e. The average molecular weight is 417 g/mol. The molecule has 4 heterocycles. The molecule has 1 atom stereocenters. The monoisotopic (exact) mass is 416 g/mol. The van der Waals surface area contributed by atoms with Crippen molar-refractivity contribution in [3.63, 3.8) is 0 Å².